The van der Waals surface area contributed by atoms with E-state index in [9.17, 15) is 9.59 Å². The molecule has 3 aliphatic rings. The van der Waals surface area contributed by atoms with Gasteiger partial charge in [-0.15, -0.1) is 0 Å². The summed E-state index contributed by atoms with van der Waals surface area (Å²) < 4.78 is 10.7. The van der Waals surface area contributed by atoms with E-state index in [2.05, 4.69) is 0 Å². The van der Waals surface area contributed by atoms with Crippen LogP contribution in [-0.2, 0) is 20.8 Å². The zero-order valence-electron chi connectivity index (χ0n) is 19.8. The lowest BCUT2D eigenvalue weighted by molar-refractivity contribution is -0.143. The van der Waals surface area contributed by atoms with Crippen LogP contribution in [0.4, 0.5) is 5.69 Å². The lowest BCUT2D eigenvalue weighted by Gasteiger charge is -2.35. The van der Waals surface area contributed by atoms with Crippen LogP contribution in [-0.4, -0.2) is 49.6 Å². The Hall–Kier alpha value is -3.06. The van der Waals surface area contributed by atoms with Crippen molar-refractivity contribution in [2.24, 2.45) is 11.8 Å². The van der Waals surface area contributed by atoms with E-state index in [0.29, 0.717) is 30.4 Å². The van der Waals surface area contributed by atoms with E-state index in [1.165, 1.54) is 11.3 Å². The number of imide groups is 1. The minimum Gasteiger partial charge on any atom is -0.493 e. The van der Waals surface area contributed by atoms with Crippen molar-refractivity contribution in [2.75, 3.05) is 25.8 Å². The molecule has 2 aromatic carbocycles. The van der Waals surface area contributed by atoms with Crippen LogP contribution in [0.3, 0.4) is 0 Å². The van der Waals surface area contributed by atoms with E-state index < -0.39 is 12.0 Å². The van der Waals surface area contributed by atoms with Crippen LogP contribution in [0.25, 0.3) is 0 Å². The van der Waals surface area contributed by atoms with Crippen molar-refractivity contribution in [3.63, 3.8) is 0 Å². The molecule has 0 aromatic heterocycles. The number of para-hydroxylation sites is 1. The molecule has 3 atom stereocenters. The van der Waals surface area contributed by atoms with Gasteiger partial charge in [0.1, 0.15) is 0 Å². The first-order valence-corrected chi connectivity index (χ1v) is 12.2. The summed E-state index contributed by atoms with van der Waals surface area (Å²) in [5.41, 5.74) is 1.89. The first-order valence-electron chi connectivity index (χ1n) is 12.2. The number of carbonyl (C=O) groups is 2. The zero-order valence-corrected chi connectivity index (χ0v) is 19.8. The largest absolute Gasteiger partial charge is 0.493 e. The molecule has 5 rings (SSSR count). The van der Waals surface area contributed by atoms with Gasteiger partial charge in [0.25, 0.3) is 5.91 Å². The number of likely N-dealkylation sites (tertiary alicyclic amines) is 1. The van der Waals surface area contributed by atoms with Crippen molar-refractivity contribution in [3.8, 4) is 11.5 Å². The van der Waals surface area contributed by atoms with Gasteiger partial charge < -0.3 is 9.47 Å². The number of hydrogen-bond acceptors (Lipinski definition) is 6. The highest BCUT2D eigenvalue weighted by Crippen LogP contribution is 2.45. The quantitative estimate of drug-likeness (QED) is 0.577. The Morgan fingerprint density at radius 1 is 0.912 bits per heavy atom. The second-order valence-corrected chi connectivity index (χ2v) is 9.37. The first-order chi connectivity index (χ1) is 16.6. The molecule has 1 saturated carbocycles. The van der Waals surface area contributed by atoms with Crippen molar-refractivity contribution < 1.29 is 23.9 Å². The maximum atomic E-state index is 13.6. The molecule has 2 aliphatic heterocycles. The van der Waals surface area contributed by atoms with Crippen molar-refractivity contribution >= 4 is 17.5 Å². The van der Waals surface area contributed by atoms with E-state index in [0.717, 1.165) is 36.9 Å². The van der Waals surface area contributed by atoms with Crippen LogP contribution in [0.1, 0.15) is 37.7 Å². The summed E-state index contributed by atoms with van der Waals surface area (Å²) in [6, 6.07) is 15.4. The molecule has 180 valence electrons. The molecule has 7 nitrogen and oxygen atoms in total. The smallest absolute Gasteiger partial charge is 0.261 e. The minimum absolute atomic E-state index is 0.107. The Kier molecular flexibility index (Phi) is 6.46. The highest BCUT2D eigenvalue weighted by molar-refractivity contribution is 6.07. The molecule has 0 unspecified atom stereocenters. The fraction of sp³-hybridized carbons (Fsp3) is 0.481. The first kappa shape index (κ1) is 22.7. The third-order valence-corrected chi connectivity index (χ3v) is 7.47. The molecule has 3 fully saturated rings. The third-order valence-electron chi connectivity index (χ3n) is 7.47. The number of amides is 2. The number of methoxy groups -OCH3 is 2. The maximum Gasteiger partial charge on any atom is 0.261 e. The number of rotatable bonds is 7. The van der Waals surface area contributed by atoms with Crippen molar-refractivity contribution in [3.05, 3.63) is 54.1 Å². The fourth-order valence-electron chi connectivity index (χ4n) is 5.77. The van der Waals surface area contributed by atoms with Gasteiger partial charge in [-0.05, 0) is 55.0 Å². The Bertz CT molecular complexity index is 1040. The molecular formula is C27H32N2O5. The van der Waals surface area contributed by atoms with Gasteiger partial charge in [0.05, 0.1) is 31.9 Å². The number of hydroxylamine groups is 1. The van der Waals surface area contributed by atoms with Gasteiger partial charge in [-0.2, -0.15) is 0 Å². The van der Waals surface area contributed by atoms with E-state index in [1.807, 2.05) is 53.6 Å². The molecule has 1 aliphatic carbocycles. The summed E-state index contributed by atoms with van der Waals surface area (Å²) >= 11 is 0. The topological polar surface area (TPSA) is 68.3 Å². The van der Waals surface area contributed by atoms with Gasteiger partial charge in [-0.25, -0.2) is 5.06 Å². The molecule has 7 heteroatoms. The van der Waals surface area contributed by atoms with Gasteiger partial charge in [-0.3, -0.25) is 19.3 Å². The van der Waals surface area contributed by atoms with Crippen molar-refractivity contribution in [2.45, 2.75) is 50.7 Å². The fourth-order valence-corrected chi connectivity index (χ4v) is 5.77. The van der Waals surface area contributed by atoms with Crippen LogP contribution in [0.2, 0.25) is 0 Å². The molecule has 2 saturated heterocycles. The molecule has 0 spiro atoms. The minimum atomic E-state index is -0.745. The lowest BCUT2D eigenvalue weighted by atomic mass is 9.77. The van der Waals surface area contributed by atoms with Gasteiger partial charge in [0, 0.05) is 6.54 Å². The number of benzene rings is 2. The van der Waals surface area contributed by atoms with Crippen LogP contribution < -0.4 is 14.5 Å². The molecule has 0 radical (unpaired) electrons. The lowest BCUT2D eigenvalue weighted by Crippen LogP contribution is -2.45. The number of hydrogen-bond donors (Lipinski definition) is 0. The van der Waals surface area contributed by atoms with E-state index in [-0.39, 0.29) is 17.9 Å². The van der Waals surface area contributed by atoms with E-state index in [1.54, 1.807) is 14.2 Å². The van der Waals surface area contributed by atoms with E-state index >= 15 is 0 Å². The van der Waals surface area contributed by atoms with Crippen molar-refractivity contribution in [1.29, 1.82) is 0 Å². The average Bonchev–Trinajstić information content (AvgIpc) is 3.39. The zero-order chi connectivity index (χ0) is 23.7. The van der Waals surface area contributed by atoms with Crippen LogP contribution in [0.5, 0.6) is 11.5 Å². The summed E-state index contributed by atoms with van der Waals surface area (Å²) in [7, 11) is 3.19. The molecular weight excluding hydrogens is 432 g/mol. The second-order valence-electron chi connectivity index (χ2n) is 9.37. The monoisotopic (exact) mass is 464 g/mol. The van der Waals surface area contributed by atoms with Gasteiger partial charge >= 0.3 is 0 Å². The molecule has 0 bridgehead atoms. The molecule has 2 aromatic rings. The van der Waals surface area contributed by atoms with Gasteiger partial charge in [-0.1, -0.05) is 43.5 Å². The number of ether oxygens (including phenoxy) is 2. The summed E-state index contributed by atoms with van der Waals surface area (Å²) in [6.45, 7) is 0.326. The predicted octanol–water partition coefficient (Wildman–Crippen LogP) is 4.00. The maximum absolute atomic E-state index is 13.6. The molecule has 0 N–H and O–H groups in total. The molecule has 34 heavy (non-hydrogen) atoms. The van der Waals surface area contributed by atoms with Gasteiger partial charge in [0.15, 0.2) is 17.6 Å². The van der Waals surface area contributed by atoms with Crippen molar-refractivity contribution in [1.82, 2.24) is 4.90 Å². The number of carbonyl (C=O) groups excluding carboxylic acids is 2. The van der Waals surface area contributed by atoms with Crippen LogP contribution in [0, 0.1) is 11.8 Å². The SMILES string of the molecule is COc1ccc(CCN2C(=O)[C@@H]3[C@@H](ON(c4ccccc4)[C@H]3C3CCCCC3)C2=O)cc1OC. The Labute approximate surface area is 200 Å². The molecule has 2 heterocycles. The van der Waals surface area contributed by atoms with Gasteiger partial charge in [0.2, 0.25) is 5.91 Å². The normalized spacial score (nSPS) is 25.1. The standard InChI is InChI=1S/C27H32N2O5/c1-32-21-14-13-18(17-22(21)33-2)15-16-28-26(30)23-24(19-9-5-3-6-10-19)29(34-25(23)27(28)31)20-11-7-4-8-12-20/h4,7-8,11-14,17,19,23-25H,3,5-6,9-10,15-16H2,1-2H3/t23-,24-,25+/m0/s1. The highest BCUT2D eigenvalue weighted by atomic mass is 16.7. The van der Waals surface area contributed by atoms with Crippen LogP contribution >= 0.6 is 0 Å². The van der Waals surface area contributed by atoms with E-state index in [4.69, 9.17) is 14.3 Å². The predicted molar refractivity (Wildman–Crippen MR) is 128 cm³/mol. The summed E-state index contributed by atoms with van der Waals surface area (Å²) in [5, 5.41) is 1.87. The highest BCUT2D eigenvalue weighted by Gasteiger charge is 2.60. The summed E-state index contributed by atoms with van der Waals surface area (Å²) in [6.07, 6.45) is 5.48. The number of nitrogens with zero attached hydrogens (tertiary/aromatic N) is 2. The summed E-state index contributed by atoms with van der Waals surface area (Å²) in [5.74, 6) is 0.834. The Morgan fingerprint density at radius 3 is 2.35 bits per heavy atom. The molecule has 2 amide bonds. The number of anilines is 1. The second kappa shape index (κ2) is 9.66. The third kappa shape index (κ3) is 4.02. The Balaban J connectivity index is 1.36. The number of fused-ring (bicyclic) bond motifs is 1. The Morgan fingerprint density at radius 2 is 1.65 bits per heavy atom. The van der Waals surface area contributed by atoms with Crippen LogP contribution in [0.15, 0.2) is 48.5 Å². The summed E-state index contributed by atoms with van der Waals surface area (Å²) in [4.78, 5) is 34.6. The average molecular weight is 465 g/mol.